The maximum Gasteiger partial charge on any atom is 0.122 e. The highest BCUT2D eigenvalue weighted by Gasteiger charge is 2.38. The molecule has 0 aliphatic carbocycles. The van der Waals surface area contributed by atoms with Crippen LogP contribution in [-0.2, 0) is 4.74 Å². The van der Waals surface area contributed by atoms with E-state index in [1.165, 1.54) is 5.69 Å². The molecule has 0 bridgehead atoms. The average molecular weight is 264 g/mol. The zero-order chi connectivity index (χ0) is 13.9. The highest BCUT2D eigenvalue weighted by Crippen LogP contribution is 2.30. The third-order valence-electron chi connectivity index (χ3n) is 3.72. The summed E-state index contributed by atoms with van der Waals surface area (Å²) in [5.41, 5.74) is 8.35. The van der Waals surface area contributed by atoms with Crippen LogP contribution < -0.4 is 15.4 Å². The molecule has 1 aliphatic rings. The van der Waals surface area contributed by atoms with Gasteiger partial charge in [0, 0.05) is 31.2 Å². The van der Waals surface area contributed by atoms with Crippen LogP contribution in [0, 0.1) is 12.3 Å². The molecule has 0 unspecified atom stereocenters. The molecule has 4 nitrogen and oxygen atoms in total. The van der Waals surface area contributed by atoms with Crippen molar-refractivity contribution in [3.63, 3.8) is 0 Å². The summed E-state index contributed by atoms with van der Waals surface area (Å²) in [5.74, 6) is 0.958. The lowest BCUT2D eigenvalue weighted by Crippen LogP contribution is -2.54. The molecule has 1 heterocycles. The molecule has 4 heteroatoms. The average Bonchev–Trinajstić information content (AvgIpc) is 2.36. The summed E-state index contributed by atoms with van der Waals surface area (Å²) in [6.45, 7) is 7.91. The van der Waals surface area contributed by atoms with Crippen molar-refractivity contribution < 1.29 is 9.47 Å². The van der Waals surface area contributed by atoms with Crippen LogP contribution in [0.5, 0.6) is 5.75 Å². The van der Waals surface area contributed by atoms with E-state index in [4.69, 9.17) is 15.2 Å². The van der Waals surface area contributed by atoms with Crippen LogP contribution >= 0.6 is 0 Å². The van der Waals surface area contributed by atoms with Crippen molar-refractivity contribution in [1.82, 2.24) is 0 Å². The van der Waals surface area contributed by atoms with Crippen LogP contribution in [0.15, 0.2) is 18.2 Å². The van der Waals surface area contributed by atoms with Crippen molar-refractivity contribution in [3.8, 4) is 5.75 Å². The zero-order valence-electron chi connectivity index (χ0n) is 12.1. The Morgan fingerprint density at radius 3 is 2.63 bits per heavy atom. The molecular weight excluding hydrogens is 240 g/mol. The molecule has 2 rings (SSSR count). The summed E-state index contributed by atoms with van der Waals surface area (Å²) in [5, 5.41) is 0. The van der Waals surface area contributed by atoms with Crippen LogP contribution in [-0.4, -0.2) is 40.0 Å². The van der Waals surface area contributed by atoms with Gasteiger partial charge in [0.1, 0.15) is 5.75 Å². The third-order valence-corrected chi connectivity index (χ3v) is 3.72. The lowest BCUT2D eigenvalue weighted by atomic mass is 9.85. The Kier molecular flexibility index (Phi) is 4.32. The molecule has 1 aromatic carbocycles. The fraction of sp³-hybridized carbons (Fsp3) is 0.600. The number of hydrogen-bond acceptors (Lipinski definition) is 4. The van der Waals surface area contributed by atoms with Crippen LogP contribution in [0.4, 0.5) is 5.69 Å². The fourth-order valence-corrected chi connectivity index (χ4v) is 2.45. The second-order valence-corrected chi connectivity index (χ2v) is 5.44. The zero-order valence-corrected chi connectivity index (χ0v) is 12.1. The van der Waals surface area contributed by atoms with E-state index in [-0.39, 0.29) is 5.41 Å². The Morgan fingerprint density at radius 1 is 1.42 bits per heavy atom. The van der Waals surface area contributed by atoms with E-state index in [0.717, 1.165) is 31.1 Å². The first-order valence-electron chi connectivity index (χ1n) is 6.82. The van der Waals surface area contributed by atoms with Gasteiger partial charge in [-0.2, -0.15) is 0 Å². The van der Waals surface area contributed by atoms with Crippen molar-refractivity contribution in [2.24, 2.45) is 11.1 Å². The Balaban J connectivity index is 2.06. The monoisotopic (exact) mass is 264 g/mol. The van der Waals surface area contributed by atoms with E-state index >= 15 is 0 Å². The lowest BCUT2D eigenvalue weighted by Gasteiger charge is -2.43. The molecule has 0 aromatic heterocycles. The molecule has 1 fully saturated rings. The van der Waals surface area contributed by atoms with Crippen molar-refractivity contribution in [2.45, 2.75) is 13.8 Å². The molecule has 106 valence electrons. The Bertz CT molecular complexity index is 425. The van der Waals surface area contributed by atoms with Crippen LogP contribution in [0.1, 0.15) is 12.5 Å². The number of hydrogen-bond donors (Lipinski definition) is 1. The van der Waals surface area contributed by atoms with Crippen molar-refractivity contribution in [3.05, 3.63) is 23.8 Å². The van der Waals surface area contributed by atoms with Crippen LogP contribution in [0.2, 0.25) is 0 Å². The van der Waals surface area contributed by atoms with E-state index in [9.17, 15) is 0 Å². The van der Waals surface area contributed by atoms with E-state index in [0.29, 0.717) is 13.2 Å². The quantitative estimate of drug-likeness (QED) is 0.851. The minimum absolute atomic E-state index is 0.126. The number of nitrogens with zero attached hydrogens (tertiary/aromatic N) is 1. The summed E-state index contributed by atoms with van der Waals surface area (Å²) >= 11 is 0. The Morgan fingerprint density at radius 2 is 2.16 bits per heavy atom. The number of anilines is 1. The summed E-state index contributed by atoms with van der Waals surface area (Å²) in [7, 11) is 2.10. The van der Waals surface area contributed by atoms with Crippen LogP contribution in [0.25, 0.3) is 0 Å². The van der Waals surface area contributed by atoms with Gasteiger partial charge in [-0.3, -0.25) is 0 Å². The van der Waals surface area contributed by atoms with Gasteiger partial charge in [-0.25, -0.2) is 0 Å². The molecule has 0 spiro atoms. The number of benzene rings is 1. The first-order valence-corrected chi connectivity index (χ1v) is 6.82. The third kappa shape index (κ3) is 3.01. The topological polar surface area (TPSA) is 47.7 Å². The molecule has 0 atom stereocenters. The lowest BCUT2D eigenvalue weighted by molar-refractivity contribution is -0.101. The molecule has 1 saturated heterocycles. The summed E-state index contributed by atoms with van der Waals surface area (Å²) < 4.78 is 10.9. The molecule has 0 saturated carbocycles. The molecule has 0 amide bonds. The minimum Gasteiger partial charge on any atom is -0.494 e. The van der Waals surface area contributed by atoms with Gasteiger partial charge in [0.2, 0.25) is 0 Å². The Labute approximate surface area is 115 Å². The van der Waals surface area contributed by atoms with Gasteiger partial charge in [-0.15, -0.1) is 0 Å². The maximum absolute atomic E-state index is 5.86. The molecular formula is C15H24N2O2. The molecule has 2 N–H and O–H groups in total. The van der Waals surface area contributed by atoms with Gasteiger partial charge < -0.3 is 20.1 Å². The first-order chi connectivity index (χ1) is 9.10. The summed E-state index contributed by atoms with van der Waals surface area (Å²) in [6, 6.07) is 6.30. The van der Waals surface area contributed by atoms with E-state index < -0.39 is 0 Å². The van der Waals surface area contributed by atoms with Gasteiger partial charge in [-0.1, -0.05) is 0 Å². The minimum atomic E-state index is 0.126. The fourth-order valence-electron chi connectivity index (χ4n) is 2.45. The second kappa shape index (κ2) is 5.80. The molecule has 0 radical (unpaired) electrons. The predicted octanol–water partition coefficient (Wildman–Crippen LogP) is 1.81. The number of ether oxygens (including phenoxy) is 2. The Hall–Kier alpha value is -1.26. The highest BCUT2D eigenvalue weighted by atomic mass is 16.5. The predicted molar refractivity (Wildman–Crippen MR) is 77.9 cm³/mol. The van der Waals surface area contributed by atoms with Crippen LogP contribution in [0.3, 0.4) is 0 Å². The largest absolute Gasteiger partial charge is 0.494 e. The molecule has 19 heavy (non-hydrogen) atoms. The van der Waals surface area contributed by atoms with Gasteiger partial charge in [0.25, 0.3) is 0 Å². The molecule has 1 aliphatic heterocycles. The normalized spacial score (nSPS) is 16.8. The SMILES string of the molecule is CCOc1ccc(N(C)CC2(CN)COC2)cc1C. The summed E-state index contributed by atoms with van der Waals surface area (Å²) in [4.78, 5) is 2.25. The summed E-state index contributed by atoms with van der Waals surface area (Å²) in [6.07, 6.45) is 0. The van der Waals surface area contributed by atoms with E-state index in [1.54, 1.807) is 0 Å². The smallest absolute Gasteiger partial charge is 0.122 e. The molecule has 1 aromatic rings. The maximum atomic E-state index is 5.86. The van der Waals surface area contributed by atoms with Crippen molar-refractivity contribution >= 4 is 5.69 Å². The van der Waals surface area contributed by atoms with Gasteiger partial charge in [-0.05, 0) is 37.6 Å². The van der Waals surface area contributed by atoms with Crippen molar-refractivity contribution in [1.29, 1.82) is 0 Å². The van der Waals surface area contributed by atoms with Gasteiger partial charge in [0.15, 0.2) is 0 Å². The second-order valence-electron chi connectivity index (χ2n) is 5.44. The number of aryl methyl sites for hydroxylation is 1. The van der Waals surface area contributed by atoms with Gasteiger partial charge >= 0.3 is 0 Å². The van der Waals surface area contributed by atoms with Crippen molar-refractivity contribution in [2.75, 3.05) is 44.9 Å². The standard InChI is InChI=1S/C15H24N2O2/c1-4-19-14-6-5-13(7-12(14)2)17(3)9-15(8-16)10-18-11-15/h5-7H,4,8-11,16H2,1-3H3. The number of rotatable bonds is 6. The first kappa shape index (κ1) is 14.2. The van der Waals surface area contributed by atoms with E-state index in [1.807, 2.05) is 13.0 Å². The highest BCUT2D eigenvalue weighted by molar-refractivity contribution is 5.52. The van der Waals surface area contributed by atoms with E-state index in [2.05, 4.69) is 31.0 Å². The van der Waals surface area contributed by atoms with Gasteiger partial charge in [0.05, 0.1) is 19.8 Å². The number of nitrogens with two attached hydrogens (primary N) is 1.